The van der Waals surface area contributed by atoms with Gasteiger partial charge in [-0.1, -0.05) is 24.3 Å². The molecule has 2 aromatic carbocycles. The summed E-state index contributed by atoms with van der Waals surface area (Å²) >= 11 is 0. The van der Waals surface area contributed by atoms with Crippen LogP contribution in [0.4, 0.5) is 0 Å². The van der Waals surface area contributed by atoms with E-state index < -0.39 is 0 Å². The van der Waals surface area contributed by atoms with Crippen LogP contribution in [-0.2, 0) is 0 Å². The second kappa shape index (κ2) is 3.08. The molecule has 17 heavy (non-hydrogen) atoms. The van der Waals surface area contributed by atoms with Crippen molar-refractivity contribution < 1.29 is 4.98 Å². The fourth-order valence-electron chi connectivity index (χ4n) is 2.51. The van der Waals surface area contributed by atoms with Gasteiger partial charge in [-0.25, -0.2) is 4.98 Å². The van der Waals surface area contributed by atoms with E-state index in [2.05, 4.69) is 52.4 Å². The third-order valence-electron chi connectivity index (χ3n) is 3.31. The van der Waals surface area contributed by atoms with Crippen molar-refractivity contribution in [1.82, 2.24) is 4.98 Å². The zero-order valence-corrected chi connectivity index (χ0v) is 9.20. The van der Waals surface area contributed by atoms with Gasteiger partial charge >= 0.3 is 0 Å². The molecule has 0 radical (unpaired) electrons. The normalized spacial score (nSPS) is 11.5. The number of rotatable bonds is 0. The summed E-state index contributed by atoms with van der Waals surface area (Å²) in [6, 6.07) is 16.9. The van der Waals surface area contributed by atoms with Crippen LogP contribution in [0.2, 0.25) is 0 Å². The molecule has 0 unspecified atom stereocenters. The van der Waals surface area contributed by atoms with Crippen LogP contribution in [0.3, 0.4) is 0 Å². The number of hydrogen-bond acceptors (Lipinski definition) is 0. The minimum atomic E-state index is 1.17. The summed E-state index contributed by atoms with van der Waals surface area (Å²) in [5.74, 6) is 0. The van der Waals surface area contributed by atoms with Crippen LogP contribution in [-0.4, -0.2) is 4.98 Å². The van der Waals surface area contributed by atoms with E-state index in [1.165, 1.54) is 32.7 Å². The molecule has 0 aliphatic rings. The molecule has 0 aliphatic carbocycles. The summed E-state index contributed by atoms with van der Waals surface area (Å²) in [5, 5.41) is 3.78. The molecule has 0 saturated heterocycles. The first-order chi connectivity index (χ1) is 8.43. The predicted octanol–water partition coefficient (Wildman–Crippen LogP) is 3.29. The highest BCUT2D eigenvalue weighted by Crippen LogP contribution is 2.28. The van der Waals surface area contributed by atoms with Gasteiger partial charge in [0.2, 0.25) is 5.52 Å². The number of hydrogen-bond donors (Lipinski definition) is 1. The Balaban J connectivity index is 2.34. The molecule has 0 saturated carbocycles. The van der Waals surface area contributed by atoms with Crippen molar-refractivity contribution in [2.75, 3.05) is 0 Å². The smallest absolute Gasteiger partial charge is 0.235 e. The van der Waals surface area contributed by atoms with Crippen LogP contribution in [0.5, 0.6) is 0 Å². The van der Waals surface area contributed by atoms with Crippen LogP contribution >= 0.6 is 0 Å². The number of H-pyrrole nitrogens is 2. The monoisotopic (exact) mass is 219 g/mol. The lowest BCUT2D eigenvalue weighted by molar-refractivity contribution is -0.343. The molecule has 2 nitrogen and oxygen atoms in total. The van der Waals surface area contributed by atoms with Gasteiger partial charge in [-0.15, -0.1) is 0 Å². The van der Waals surface area contributed by atoms with Crippen LogP contribution < -0.4 is 4.98 Å². The van der Waals surface area contributed by atoms with E-state index in [1.807, 2.05) is 12.3 Å². The van der Waals surface area contributed by atoms with Gasteiger partial charge in [-0.05, 0) is 18.2 Å². The average Bonchev–Trinajstić information content (AvgIpc) is 2.78. The summed E-state index contributed by atoms with van der Waals surface area (Å²) < 4.78 is 0. The predicted molar refractivity (Wildman–Crippen MR) is 69.9 cm³/mol. The molecule has 0 spiro atoms. The Hall–Kier alpha value is -2.35. The first kappa shape index (κ1) is 8.76. The van der Waals surface area contributed by atoms with Crippen molar-refractivity contribution in [2.45, 2.75) is 0 Å². The maximum Gasteiger partial charge on any atom is 0.235 e. The highest BCUT2D eigenvalue weighted by Gasteiger charge is 2.10. The number of para-hydroxylation sites is 1. The minimum Gasteiger partial charge on any atom is -0.349 e. The van der Waals surface area contributed by atoms with Gasteiger partial charge in [0.1, 0.15) is 5.52 Å². The molecule has 0 aliphatic heterocycles. The Kier molecular flexibility index (Phi) is 1.59. The largest absolute Gasteiger partial charge is 0.349 e. The number of aromatic amines is 2. The Bertz CT molecular complexity index is 843. The summed E-state index contributed by atoms with van der Waals surface area (Å²) in [5.41, 5.74) is 3.54. The van der Waals surface area contributed by atoms with E-state index in [4.69, 9.17) is 0 Å². The lowest BCUT2D eigenvalue weighted by atomic mass is 10.1. The van der Waals surface area contributed by atoms with Crippen molar-refractivity contribution in [3.63, 3.8) is 0 Å². The van der Waals surface area contributed by atoms with E-state index in [0.29, 0.717) is 0 Å². The summed E-state index contributed by atoms with van der Waals surface area (Å²) in [6.07, 6.45) is 1.97. The number of fused-ring (bicyclic) bond motifs is 5. The van der Waals surface area contributed by atoms with Gasteiger partial charge in [-0.3, -0.25) is 0 Å². The highest BCUT2D eigenvalue weighted by atomic mass is 14.8. The topological polar surface area (TPSA) is 29.9 Å². The van der Waals surface area contributed by atoms with Gasteiger partial charge in [0.05, 0.1) is 0 Å². The Labute approximate surface area is 97.9 Å². The molecule has 2 N–H and O–H groups in total. The summed E-state index contributed by atoms with van der Waals surface area (Å²) in [4.78, 5) is 6.81. The fraction of sp³-hybridized carbons (Fsp3) is 0. The first-order valence-corrected chi connectivity index (χ1v) is 5.73. The van der Waals surface area contributed by atoms with E-state index >= 15 is 0 Å². The molecule has 0 fully saturated rings. The molecule has 4 rings (SSSR count). The van der Waals surface area contributed by atoms with Crippen molar-refractivity contribution in [2.24, 2.45) is 0 Å². The lowest BCUT2D eigenvalue weighted by Crippen LogP contribution is -2.01. The average molecular weight is 219 g/mol. The standard InChI is InChI=1S/C15H10N2/c1-2-6-13-11(5-1)12-8-7-10-4-3-9-16-14(10)15(12)17-13/h1-9,17H/p+1. The van der Waals surface area contributed by atoms with Gasteiger partial charge in [0, 0.05) is 27.7 Å². The third kappa shape index (κ3) is 1.12. The number of pyridine rings is 1. The van der Waals surface area contributed by atoms with Gasteiger partial charge in [0.25, 0.3) is 0 Å². The van der Waals surface area contributed by atoms with Gasteiger partial charge < -0.3 is 4.98 Å². The first-order valence-electron chi connectivity index (χ1n) is 5.73. The molecule has 4 aromatic rings. The molecule has 2 aromatic heterocycles. The minimum absolute atomic E-state index is 1.17. The molecule has 80 valence electrons. The van der Waals surface area contributed by atoms with E-state index in [1.54, 1.807) is 0 Å². The molecular weight excluding hydrogens is 208 g/mol. The van der Waals surface area contributed by atoms with Crippen molar-refractivity contribution >= 4 is 32.7 Å². The molecule has 0 atom stereocenters. The van der Waals surface area contributed by atoms with Crippen LogP contribution in [0.25, 0.3) is 32.7 Å². The third-order valence-corrected chi connectivity index (χ3v) is 3.31. The van der Waals surface area contributed by atoms with Crippen molar-refractivity contribution in [1.29, 1.82) is 0 Å². The highest BCUT2D eigenvalue weighted by molar-refractivity contribution is 6.14. The number of aromatic nitrogens is 2. The Morgan fingerprint density at radius 1 is 0.824 bits per heavy atom. The van der Waals surface area contributed by atoms with Crippen LogP contribution in [0.1, 0.15) is 0 Å². The zero-order valence-electron chi connectivity index (χ0n) is 9.20. The van der Waals surface area contributed by atoms with E-state index in [-0.39, 0.29) is 0 Å². The zero-order chi connectivity index (χ0) is 11.2. The van der Waals surface area contributed by atoms with Crippen LogP contribution in [0.15, 0.2) is 54.7 Å². The summed E-state index contributed by atoms with van der Waals surface area (Å²) in [7, 11) is 0. The van der Waals surface area contributed by atoms with Crippen molar-refractivity contribution in [3.05, 3.63) is 54.7 Å². The fourth-order valence-corrected chi connectivity index (χ4v) is 2.51. The number of nitrogens with one attached hydrogen (secondary N) is 2. The SMILES string of the molecule is c1c[nH+]c2c(c1)ccc1c3ccccc3[nH]c12. The van der Waals surface area contributed by atoms with Gasteiger partial charge in [0.15, 0.2) is 6.20 Å². The summed E-state index contributed by atoms with van der Waals surface area (Å²) in [6.45, 7) is 0. The van der Waals surface area contributed by atoms with Crippen molar-refractivity contribution in [3.8, 4) is 0 Å². The Morgan fingerprint density at radius 2 is 1.76 bits per heavy atom. The quantitative estimate of drug-likeness (QED) is 0.470. The molecule has 0 bridgehead atoms. The molecular formula is C15H11N2+. The second-order valence-corrected chi connectivity index (χ2v) is 4.29. The Morgan fingerprint density at radius 3 is 2.76 bits per heavy atom. The second-order valence-electron chi connectivity index (χ2n) is 4.29. The molecule has 0 amide bonds. The van der Waals surface area contributed by atoms with E-state index in [9.17, 15) is 0 Å². The molecule has 2 heterocycles. The van der Waals surface area contributed by atoms with Crippen LogP contribution in [0, 0.1) is 0 Å². The lowest BCUT2D eigenvalue weighted by Gasteiger charge is -1.92. The maximum absolute atomic E-state index is 3.49. The van der Waals surface area contributed by atoms with E-state index in [0.717, 1.165) is 0 Å². The molecule has 2 heteroatoms. The van der Waals surface area contributed by atoms with Gasteiger partial charge in [-0.2, -0.15) is 0 Å². The maximum atomic E-state index is 3.49. The number of benzene rings is 2.